The van der Waals surface area contributed by atoms with Gasteiger partial charge in [0, 0.05) is 5.39 Å². The van der Waals surface area contributed by atoms with E-state index in [2.05, 4.69) is 0 Å². The third kappa shape index (κ3) is 2.07. The lowest BCUT2D eigenvalue weighted by atomic mass is 9.97. The smallest absolute Gasteiger partial charge is 0.341 e. The van der Waals surface area contributed by atoms with Gasteiger partial charge in [0.25, 0.3) is 0 Å². The monoisotopic (exact) mass is 346 g/mol. The third-order valence-electron chi connectivity index (χ3n) is 4.17. The molecule has 0 atom stereocenters. The van der Waals surface area contributed by atoms with E-state index in [9.17, 15) is 30.0 Å². The van der Waals surface area contributed by atoms with Crippen LogP contribution < -0.4 is 0 Å². The molecular formula is C17H14O8. The standard InChI is InChI=1S/C17H14O8/c1-5-4-7(18)11-9-6(2)10(16(21)22)12(19)13(20)15(9)25-14(11)8(5)17(23)24-3/h4,18-20H,1-3H3,(H,21,22). The van der Waals surface area contributed by atoms with E-state index in [1.54, 1.807) is 6.92 Å². The van der Waals surface area contributed by atoms with Crippen molar-refractivity contribution in [3.8, 4) is 17.2 Å². The van der Waals surface area contributed by atoms with Gasteiger partial charge in [0.05, 0.1) is 12.5 Å². The van der Waals surface area contributed by atoms with Crippen LogP contribution in [0.1, 0.15) is 31.8 Å². The van der Waals surface area contributed by atoms with Gasteiger partial charge in [-0.25, -0.2) is 9.59 Å². The summed E-state index contributed by atoms with van der Waals surface area (Å²) in [5.41, 5.74) is -0.350. The molecule has 1 aromatic heterocycles. The fourth-order valence-electron chi connectivity index (χ4n) is 3.05. The normalized spacial score (nSPS) is 11.2. The van der Waals surface area contributed by atoms with E-state index in [1.807, 2.05) is 0 Å². The first-order chi connectivity index (χ1) is 11.7. The lowest BCUT2D eigenvalue weighted by Crippen LogP contribution is -2.04. The molecule has 0 saturated heterocycles. The molecule has 25 heavy (non-hydrogen) atoms. The van der Waals surface area contributed by atoms with Crippen molar-refractivity contribution >= 4 is 33.9 Å². The molecule has 1 heterocycles. The highest BCUT2D eigenvalue weighted by molar-refractivity contribution is 6.19. The maximum absolute atomic E-state index is 12.1. The molecule has 3 rings (SSSR count). The summed E-state index contributed by atoms with van der Waals surface area (Å²) in [6, 6.07) is 1.31. The van der Waals surface area contributed by atoms with Crippen LogP contribution >= 0.6 is 0 Å². The summed E-state index contributed by atoms with van der Waals surface area (Å²) in [6.45, 7) is 2.96. The Morgan fingerprint density at radius 3 is 2.20 bits per heavy atom. The van der Waals surface area contributed by atoms with Crippen LogP contribution in [0.3, 0.4) is 0 Å². The summed E-state index contributed by atoms with van der Waals surface area (Å²) in [5, 5.41) is 39.9. The van der Waals surface area contributed by atoms with Crippen LogP contribution in [0.15, 0.2) is 10.5 Å². The minimum atomic E-state index is -1.46. The lowest BCUT2D eigenvalue weighted by Gasteiger charge is -2.08. The number of methoxy groups -OCH3 is 1. The SMILES string of the molecule is COC(=O)c1c(C)cc(O)c2c1oc1c(O)c(O)c(C(=O)O)c(C)c12. The summed E-state index contributed by atoms with van der Waals surface area (Å²) in [7, 11) is 1.18. The van der Waals surface area contributed by atoms with Gasteiger partial charge >= 0.3 is 11.9 Å². The van der Waals surface area contributed by atoms with Crippen LogP contribution in [-0.2, 0) is 4.74 Å². The molecule has 130 valence electrons. The maximum Gasteiger partial charge on any atom is 0.341 e. The number of ether oxygens (including phenoxy) is 1. The van der Waals surface area contributed by atoms with Gasteiger partial charge in [-0.15, -0.1) is 0 Å². The van der Waals surface area contributed by atoms with E-state index in [0.717, 1.165) is 0 Å². The van der Waals surface area contributed by atoms with Gasteiger partial charge in [-0.2, -0.15) is 0 Å². The summed E-state index contributed by atoms with van der Waals surface area (Å²) < 4.78 is 10.3. The minimum Gasteiger partial charge on any atom is -0.507 e. The number of carboxylic acid groups (broad SMARTS) is 1. The van der Waals surface area contributed by atoms with Crippen molar-refractivity contribution in [3.63, 3.8) is 0 Å². The number of fused-ring (bicyclic) bond motifs is 3. The average molecular weight is 346 g/mol. The fraction of sp³-hybridized carbons (Fsp3) is 0.176. The first-order valence-corrected chi connectivity index (χ1v) is 7.15. The molecule has 0 aliphatic carbocycles. The van der Waals surface area contributed by atoms with Crippen molar-refractivity contribution < 1.29 is 39.2 Å². The fourth-order valence-corrected chi connectivity index (χ4v) is 3.05. The van der Waals surface area contributed by atoms with Crippen LogP contribution in [0.4, 0.5) is 0 Å². The van der Waals surface area contributed by atoms with Gasteiger partial charge in [0.1, 0.15) is 16.9 Å². The van der Waals surface area contributed by atoms with Crippen molar-refractivity contribution in [3.05, 3.63) is 28.3 Å². The van der Waals surface area contributed by atoms with Crippen LogP contribution in [0.5, 0.6) is 17.2 Å². The summed E-state index contributed by atoms with van der Waals surface area (Å²) in [6.07, 6.45) is 0. The van der Waals surface area contributed by atoms with Crippen molar-refractivity contribution in [2.75, 3.05) is 7.11 Å². The predicted molar refractivity (Wildman–Crippen MR) is 86.5 cm³/mol. The second kappa shape index (κ2) is 5.30. The van der Waals surface area contributed by atoms with Gasteiger partial charge < -0.3 is 29.6 Å². The van der Waals surface area contributed by atoms with Gasteiger partial charge in [0.15, 0.2) is 16.9 Å². The number of rotatable bonds is 2. The molecule has 3 aromatic rings. The molecule has 8 nitrogen and oxygen atoms in total. The number of phenolic OH excluding ortho intramolecular Hbond substituents is 2. The molecule has 0 amide bonds. The molecule has 0 aliphatic rings. The van der Waals surface area contributed by atoms with Crippen LogP contribution in [0, 0.1) is 13.8 Å². The zero-order valence-corrected chi connectivity index (χ0v) is 13.5. The molecule has 4 N–H and O–H groups in total. The maximum atomic E-state index is 12.1. The summed E-state index contributed by atoms with van der Waals surface area (Å²) in [4.78, 5) is 23.5. The van der Waals surface area contributed by atoms with Crippen LogP contribution in [0.25, 0.3) is 21.9 Å². The molecule has 0 spiro atoms. The van der Waals surface area contributed by atoms with Gasteiger partial charge in [-0.05, 0) is 31.0 Å². The zero-order chi connectivity index (χ0) is 18.6. The molecule has 0 radical (unpaired) electrons. The molecule has 0 saturated carbocycles. The van der Waals surface area contributed by atoms with Crippen molar-refractivity contribution in [1.29, 1.82) is 0 Å². The topological polar surface area (TPSA) is 137 Å². The minimum absolute atomic E-state index is 0.0293. The number of furan rings is 1. The highest BCUT2D eigenvalue weighted by Gasteiger charge is 2.29. The molecule has 0 unspecified atom stereocenters. The summed E-state index contributed by atoms with van der Waals surface area (Å²) >= 11 is 0. The lowest BCUT2D eigenvalue weighted by molar-refractivity contribution is 0.0600. The Kier molecular flexibility index (Phi) is 3.49. The highest BCUT2D eigenvalue weighted by atomic mass is 16.5. The molecule has 0 aliphatic heterocycles. The van der Waals surface area contributed by atoms with Gasteiger partial charge in [0.2, 0.25) is 5.75 Å². The molecule has 2 aromatic carbocycles. The van der Waals surface area contributed by atoms with E-state index in [1.165, 1.54) is 20.1 Å². The number of aromatic hydroxyl groups is 3. The van der Waals surface area contributed by atoms with Crippen molar-refractivity contribution in [2.24, 2.45) is 0 Å². The number of carbonyl (C=O) groups excluding carboxylic acids is 1. The molecule has 0 fully saturated rings. The Labute approximate surface area is 140 Å². The number of carboxylic acids is 1. The average Bonchev–Trinajstić information content (AvgIpc) is 2.93. The first kappa shape index (κ1) is 16.4. The van der Waals surface area contributed by atoms with E-state index >= 15 is 0 Å². The van der Waals surface area contributed by atoms with E-state index in [0.29, 0.717) is 5.56 Å². The van der Waals surface area contributed by atoms with E-state index in [-0.39, 0.29) is 38.8 Å². The second-order valence-electron chi connectivity index (χ2n) is 5.59. The van der Waals surface area contributed by atoms with Crippen molar-refractivity contribution in [1.82, 2.24) is 0 Å². The molecular weight excluding hydrogens is 332 g/mol. The van der Waals surface area contributed by atoms with Crippen LogP contribution in [0.2, 0.25) is 0 Å². The molecule has 8 heteroatoms. The zero-order valence-electron chi connectivity index (χ0n) is 13.5. The number of benzene rings is 2. The van der Waals surface area contributed by atoms with Gasteiger partial charge in [-0.1, -0.05) is 0 Å². The van der Waals surface area contributed by atoms with E-state index < -0.39 is 29.0 Å². The Morgan fingerprint density at radius 1 is 1.00 bits per heavy atom. The Hall–Kier alpha value is -3.42. The Balaban J connectivity index is 2.65. The molecule has 0 bridgehead atoms. The number of aromatic carboxylic acids is 1. The number of aryl methyl sites for hydroxylation is 2. The number of hydrogen-bond acceptors (Lipinski definition) is 7. The van der Waals surface area contributed by atoms with E-state index in [4.69, 9.17) is 9.15 Å². The quantitative estimate of drug-likeness (QED) is 0.410. The van der Waals surface area contributed by atoms with Crippen molar-refractivity contribution in [2.45, 2.75) is 13.8 Å². The third-order valence-corrected chi connectivity index (χ3v) is 4.17. The largest absolute Gasteiger partial charge is 0.507 e. The highest BCUT2D eigenvalue weighted by Crippen LogP contribution is 2.48. The number of phenols is 3. The second-order valence-corrected chi connectivity index (χ2v) is 5.59. The summed E-state index contributed by atoms with van der Waals surface area (Å²) in [5.74, 6) is -4.08. The first-order valence-electron chi connectivity index (χ1n) is 7.15. The Morgan fingerprint density at radius 2 is 1.64 bits per heavy atom. The predicted octanol–water partition coefficient (Wildman–Crippen LogP) is 2.80. The number of hydrogen-bond donors (Lipinski definition) is 4. The van der Waals surface area contributed by atoms with Gasteiger partial charge in [-0.3, -0.25) is 0 Å². The Bertz CT molecular complexity index is 1070. The number of carbonyl (C=O) groups is 2. The van der Waals surface area contributed by atoms with Crippen LogP contribution in [-0.4, -0.2) is 39.5 Å². The number of esters is 1.